The maximum absolute atomic E-state index is 12.0. The maximum Gasteiger partial charge on any atom is 0.225 e. The van der Waals surface area contributed by atoms with Crippen molar-refractivity contribution < 1.29 is 19.7 Å². The third kappa shape index (κ3) is 2.45. The predicted molar refractivity (Wildman–Crippen MR) is 82.5 cm³/mol. The van der Waals surface area contributed by atoms with Gasteiger partial charge in [-0.25, -0.2) is 0 Å². The Labute approximate surface area is 128 Å². The van der Waals surface area contributed by atoms with Gasteiger partial charge >= 0.3 is 0 Å². The smallest absolute Gasteiger partial charge is 0.225 e. The molecule has 22 heavy (non-hydrogen) atoms. The zero-order valence-corrected chi connectivity index (χ0v) is 12.2. The van der Waals surface area contributed by atoms with Gasteiger partial charge in [0.2, 0.25) is 5.91 Å². The minimum absolute atomic E-state index is 0.131. The van der Waals surface area contributed by atoms with E-state index in [9.17, 15) is 15.0 Å². The Balaban J connectivity index is 2.13. The Kier molecular flexibility index (Phi) is 3.63. The summed E-state index contributed by atoms with van der Waals surface area (Å²) >= 11 is 0. The molecule has 3 N–H and O–H groups in total. The molecule has 114 valence electrons. The number of para-hydroxylation sites is 1. The number of hydrogen-bond acceptors (Lipinski definition) is 4. The average molecular weight is 299 g/mol. The molecular weight excluding hydrogens is 282 g/mol. The SMILES string of the molecule is CCOc1ccccc1[C@H]1CC(=O)Nc2cc(O)c(O)cc21. The number of ether oxygens (including phenoxy) is 1. The van der Waals surface area contributed by atoms with Gasteiger partial charge in [0.05, 0.1) is 6.61 Å². The second-order valence-corrected chi connectivity index (χ2v) is 5.20. The summed E-state index contributed by atoms with van der Waals surface area (Å²) in [7, 11) is 0. The molecule has 1 amide bonds. The molecule has 1 heterocycles. The van der Waals surface area contributed by atoms with Crippen molar-refractivity contribution in [3.63, 3.8) is 0 Å². The second-order valence-electron chi connectivity index (χ2n) is 5.20. The molecule has 0 unspecified atom stereocenters. The van der Waals surface area contributed by atoms with Crippen LogP contribution in [0.5, 0.6) is 17.2 Å². The minimum atomic E-state index is -0.252. The minimum Gasteiger partial charge on any atom is -0.504 e. The van der Waals surface area contributed by atoms with Gasteiger partial charge in [0.25, 0.3) is 0 Å². The van der Waals surface area contributed by atoms with E-state index < -0.39 is 0 Å². The summed E-state index contributed by atoms with van der Waals surface area (Å²) in [6, 6.07) is 10.4. The lowest BCUT2D eigenvalue weighted by Gasteiger charge is -2.27. The van der Waals surface area contributed by atoms with Crippen LogP contribution in [0.15, 0.2) is 36.4 Å². The van der Waals surface area contributed by atoms with Gasteiger partial charge in [0.1, 0.15) is 5.75 Å². The standard InChI is InChI=1S/C17H17NO4/c1-2-22-16-6-4-3-5-10(16)11-8-17(21)18-13-9-15(20)14(19)7-12(11)13/h3-7,9,11,19-20H,2,8H2,1H3,(H,18,21)/t11-/m1/s1. The highest BCUT2D eigenvalue weighted by atomic mass is 16.5. The van der Waals surface area contributed by atoms with Crippen LogP contribution in [0.3, 0.4) is 0 Å². The number of carbonyl (C=O) groups excluding carboxylic acids is 1. The van der Waals surface area contributed by atoms with Crippen LogP contribution in [0.2, 0.25) is 0 Å². The number of rotatable bonds is 3. The van der Waals surface area contributed by atoms with Crippen LogP contribution >= 0.6 is 0 Å². The van der Waals surface area contributed by atoms with Crippen molar-refractivity contribution in [2.75, 3.05) is 11.9 Å². The van der Waals surface area contributed by atoms with Gasteiger partial charge in [-0.05, 0) is 24.6 Å². The number of amides is 1. The molecule has 5 heteroatoms. The summed E-state index contributed by atoms with van der Waals surface area (Å²) < 4.78 is 5.65. The van der Waals surface area contributed by atoms with Crippen molar-refractivity contribution >= 4 is 11.6 Å². The van der Waals surface area contributed by atoms with E-state index in [-0.39, 0.29) is 29.7 Å². The average Bonchev–Trinajstić information content (AvgIpc) is 2.49. The lowest BCUT2D eigenvalue weighted by molar-refractivity contribution is -0.116. The molecule has 1 aliphatic heterocycles. The van der Waals surface area contributed by atoms with Gasteiger partial charge in [0.15, 0.2) is 11.5 Å². The topological polar surface area (TPSA) is 78.8 Å². The van der Waals surface area contributed by atoms with Crippen LogP contribution < -0.4 is 10.1 Å². The monoisotopic (exact) mass is 299 g/mol. The van der Waals surface area contributed by atoms with Crippen LogP contribution in [-0.4, -0.2) is 22.7 Å². The van der Waals surface area contributed by atoms with E-state index in [2.05, 4.69) is 5.32 Å². The number of anilines is 1. The number of hydrogen-bond donors (Lipinski definition) is 3. The molecule has 0 fully saturated rings. The third-order valence-electron chi connectivity index (χ3n) is 3.78. The highest BCUT2D eigenvalue weighted by Crippen LogP contribution is 2.44. The molecule has 0 spiro atoms. The third-order valence-corrected chi connectivity index (χ3v) is 3.78. The van der Waals surface area contributed by atoms with Crippen LogP contribution in [0, 0.1) is 0 Å². The van der Waals surface area contributed by atoms with E-state index in [1.807, 2.05) is 31.2 Å². The van der Waals surface area contributed by atoms with E-state index in [0.717, 1.165) is 16.9 Å². The maximum atomic E-state index is 12.0. The first kappa shape index (κ1) is 14.3. The fourth-order valence-electron chi connectivity index (χ4n) is 2.82. The molecule has 2 aromatic carbocycles. The van der Waals surface area contributed by atoms with Crippen molar-refractivity contribution in [2.24, 2.45) is 0 Å². The Morgan fingerprint density at radius 3 is 2.68 bits per heavy atom. The van der Waals surface area contributed by atoms with E-state index in [0.29, 0.717) is 12.3 Å². The summed E-state index contributed by atoms with van der Waals surface area (Å²) in [4.78, 5) is 12.0. The van der Waals surface area contributed by atoms with Gasteiger partial charge in [-0.3, -0.25) is 4.79 Å². The zero-order chi connectivity index (χ0) is 15.7. The first-order valence-corrected chi connectivity index (χ1v) is 7.17. The van der Waals surface area contributed by atoms with Crippen molar-refractivity contribution in [1.82, 2.24) is 0 Å². The van der Waals surface area contributed by atoms with Gasteiger partial charge in [-0.2, -0.15) is 0 Å². The van der Waals surface area contributed by atoms with Crippen molar-refractivity contribution in [3.05, 3.63) is 47.5 Å². The Morgan fingerprint density at radius 2 is 1.91 bits per heavy atom. The molecule has 0 saturated heterocycles. The summed E-state index contributed by atoms with van der Waals surface area (Å²) in [5, 5.41) is 22.1. The molecule has 3 rings (SSSR count). The lowest BCUT2D eigenvalue weighted by atomic mass is 9.84. The van der Waals surface area contributed by atoms with Crippen LogP contribution in [0.4, 0.5) is 5.69 Å². The summed E-state index contributed by atoms with van der Waals surface area (Å²) in [5.74, 6) is -0.0818. The largest absolute Gasteiger partial charge is 0.504 e. The molecule has 0 bridgehead atoms. The number of aromatic hydroxyl groups is 2. The number of phenolic OH excluding ortho intramolecular Hbond substituents is 2. The predicted octanol–water partition coefficient (Wildman–Crippen LogP) is 2.97. The summed E-state index contributed by atoms with van der Waals surface area (Å²) in [6.45, 7) is 2.44. The van der Waals surface area contributed by atoms with Crippen LogP contribution in [0.25, 0.3) is 0 Å². The quantitative estimate of drug-likeness (QED) is 0.601. The molecule has 0 aromatic heterocycles. The zero-order valence-electron chi connectivity index (χ0n) is 12.2. The Morgan fingerprint density at radius 1 is 1.18 bits per heavy atom. The fourth-order valence-corrected chi connectivity index (χ4v) is 2.82. The van der Waals surface area contributed by atoms with Crippen molar-refractivity contribution in [3.8, 4) is 17.2 Å². The summed E-state index contributed by atoms with van der Waals surface area (Å²) in [6.07, 6.45) is 0.265. The Bertz CT molecular complexity index is 727. The van der Waals surface area contributed by atoms with E-state index in [1.54, 1.807) is 0 Å². The Hall–Kier alpha value is -2.69. The highest BCUT2D eigenvalue weighted by molar-refractivity contribution is 5.96. The number of nitrogens with one attached hydrogen (secondary N) is 1. The fraction of sp³-hybridized carbons (Fsp3) is 0.235. The van der Waals surface area contributed by atoms with Crippen LogP contribution in [-0.2, 0) is 4.79 Å². The number of carbonyl (C=O) groups is 1. The molecule has 1 aliphatic rings. The van der Waals surface area contributed by atoms with E-state index >= 15 is 0 Å². The molecule has 0 aliphatic carbocycles. The molecule has 0 saturated carbocycles. The molecule has 0 radical (unpaired) electrons. The second kappa shape index (κ2) is 5.60. The van der Waals surface area contributed by atoms with Gasteiger partial charge in [-0.15, -0.1) is 0 Å². The number of fused-ring (bicyclic) bond motifs is 1. The first-order chi connectivity index (χ1) is 10.6. The van der Waals surface area contributed by atoms with E-state index in [1.165, 1.54) is 12.1 Å². The van der Waals surface area contributed by atoms with E-state index in [4.69, 9.17) is 4.74 Å². The van der Waals surface area contributed by atoms with Gasteiger partial charge < -0.3 is 20.3 Å². The molecular formula is C17H17NO4. The highest BCUT2D eigenvalue weighted by Gasteiger charge is 2.29. The molecule has 5 nitrogen and oxygen atoms in total. The first-order valence-electron chi connectivity index (χ1n) is 7.17. The normalized spacial score (nSPS) is 16.8. The molecule has 1 atom stereocenters. The van der Waals surface area contributed by atoms with Crippen LogP contribution in [0.1, 0.15) is 30.4 Å². The van der Waals surface area contributed by atoms with Crippen molar-refractivity contribution in [2.45, 2.75) is 19.3 Å². The number of phenols is 2. The van der Waals surface area contributed by atoms with Gasteiger partial charge in [-0.1, -0.05) is 18.2 Å². The lowest BCUT2D eigenvalue weighted by Crippen LogP contribution is -2.23. The summed E-state index contributed by atoms with van der Waals surface area (Å²) in [5.41, 5.74) is 2.18. The molecule has 2 aromatic rings. The van der Waals surface area contributed by atoms with Gasteiger partial charge in [0, 0.05) is 29.7 Å². The van der Waals surface area contributed by atoms with Crippen molar-refractivity contribution in [1.29, 1.82) is 0 Å². The number of benzene rings is 2.